The van der Waals surface area contributed by atoms with E-state index >= 15 is 0 Å². The van der Waals surface area contributed by atoms with Crippen molar-refractivity contribution < 1.29 is 14.3 Å². The molecule has 0 radical (unpaired) electrons. The third-order valence-electron chi connectivity index (χ3n) is 2.35. The first kappa shape index (κ1) is 10.0. The molecule has 0 spiro atoms. The van der Waals surface area contributed by atoms with Crippen molar-refractivity contribution in [3.63, 3.8) is 0 Å². The lowest BCUT2D eigenvalue weighted by molar-refractivity contribution is -0.156. The van der Waals surface area contributed by atoms with E-state index in [-0.39, 0.29) is 11.9 Å². The van der Waals surface area contributed by atoms with Crippen LogP contribution in [0, 0.1) is 5.41 Å². The maximum atomic E-state index is 11.5. The van der Waals surface area contributed by atoms with Crippen LogP contribution in [0.3, 0.4) is 0 Å². The molecule has 0 saturated carbocycles. The topological polar surface area (TPSA) is 55.4 Å². The first-order valence-electron chi connectivity index (χ1n) is 4.52. The molecule has 0 bridgehead atoms. The number of hydrogen-bond acceptors (Lipinski definition) is 3. The van der Waals surface area contributed by atoms with Crippen molar-refractivity contribution >= 4 is 11.9 Å². The van der Waals surface area contributed by atoms with Crippen LogP contribution >= 0.6 is 0 Å². The van der Waals surface area contributed by atoms with E-state index in [4.69, 9.17) is 4.74 Å². The molecule has 4 heteroatoms. The summed E-state index contributed by atoms with van der Waals surface area (Å²) in [7, 11) is 0. The van der Waals surface area contributed by atoms with E-state index in [1.807, 2.05) is 6.92 Å². The minimum atomic E-state index is -0.524. The van der Waals surface area contributed by atoms with Crippen LogP contribution in [0.1, 0.15) is 26.7 Å². The van der Waals surface area contributed by atoms with E-state index in [9.17, 15) is 9.59 Å². The van der Waals surface area contributed by atoms with Gasteiger partial charge in [0.1, 0.15) is 0 Å². The third-order valence-corrected chi connectivity index (χ3v) is 2.35. The van der Waals surface area contributed by atoms with Gasteiger partial charge in [-0.15, -0.1) is 0 Å². The van der Waals surface area contributed by atoms with Gasteiger partial charge in [-0.1, -0.05) is 0 Å². The van der Waals surface area contributed by atoms with E-state index in [1.165, 1.54) is 0 Å². The number of amides is 1. The highest BCUT2D eigenvalue weighted by molar-refractivity contribution is 5.83. The molecule has 0 aromatic carbocycles. The lowest BCUT2D eigenvalue weighted by Crippen LogP contribution is -2.46. The largest absolute Gasteiger partial charge is 0.466 e. The Morgan fingerprint density at radius 2 is 2.38 bits per heavy atom. The molecular formula is C9H15NO3. The van der Waals surface area contributed by atoms with Gasteiger partial charge in [-0.25, -0.2) is 0 Å². The van der Waals surface area contributed by atoms with Gasteiger partial charge in [0.05, 0.1) is 12.0 Å². The molecule has 0 aliphatic carbocycles. The molecule has 1 atom stereocenters. The molecule has 1 unspecified atom stereocenters. The lowest BCUT2D eigenvalue weighted by Gasteiger charge is -2.30. The zero-order valence-corrected chi connectivity index (χ0v) is 8.05. The van der Waals surface area contributed by atoms with Crippen molar-refractivity contribution in [3.8, 4) is 0 Å². The molecule has 13 heavy (non-hydrogen) atoms. The van der Waals surface area contributed by atoms with Crippen molar-refractivity contribution in [2.45, 2.75) is 26.7 Å². The molecule has 1 rings (SSSR count). The number of ether oxygens (including phenoxy) is 1. The van der Waals surface area contributed by atoms with E-state index < -0.39 is 5.41 Å². The van der Waals surface area contributed by atoms with Gasteiger partial charge in [-0.05, 0) is 20.3 Å². The fourth-order valence-electron chi connectivity index (χ4n) is 1.34. The van der Waals surface area contributed by atoms with Gasteiger partial charge in [0.2, 0.25) is 5.91 Å². The zero-order valence-electron chi connectivity index (χ0n) is 8.05. The molecule has 1 aliphatic rings. The number of esters is 1. The number of piperidine rings is 1. The van der Waals surface area contributed by atoms with Crippen molar-refractivity contribution in [1.29, 1.82) is 0 Å². The van der Waals surface area contributed by atoms with Gasteiger partial charge in [0.15, 0.2) is 0 Å². The standard InChI is InChI=1S/C9H15NO3/c1-3-13-8(12)9(2)5-4-7(11)10-6-9/h3-6H2,1-2H3,(H,10,11). The van der Waals surface area contributed by atoms with Gasteiger partial charge in [0, 0.05) is 13.0 Å². The lowest BCUT2D eigenvalue weighted by atomic mass is 9.83. The molecule has 0 aromatic heterocycles. The summed E-state index contributed by atoms with van der Waals surface area (Å²) < 4.78 is 4.93. The normalized spacial score (nSPS) is 28.0. The Morgan fingerprint density at radius 1 is 1.69 bits per heavy atom. The maximum Gasteiger partial charge on any atom is 0.313 e. The molecule has 1 aliphatic heterocycles. The zero-order chi connectivity index (χ0) is 9.90. The summed E-state index contributed by atoms with van der Waals surface area (Å²) in [6.07, 6.45) is 0.993. The minimum absolute atomic E-state index is 0.0155. The van der Waals surface area contributed by atoms with Crippen molar-refractivity contribution in [2.24, 2.45) is 5.41 Å². The second-order valence-corrected chi connectivity index (χ2v) is 3.56. The Balaban J connectivity index is 2.56. The Bertz CT molecular complexity index is 215. The highest BCUT2D eigenvalue weighted by Gasteiger charge is 2.38. The van der Waals surface area contributed by atoms with Gasteiger partial charge in [-0.3, -0.25) is 9.59 Å². The number of hydrogen-bond donors (Lipinski definition) is 1. The monoisotopic (exact) mass is 185 g/mol. The Kier molecular flexibility index (Phi) is 2.90. The second-order valence-electron chi connectivity index (χ2n) is 3.56. The molecule has 1 N–H and O–H groups in total. The fraction of sp³-hybridized carbons (Fsp3) is 0.778. The maximum absolute atomic E-state index is 11.5. The molecular weight excluding hydrogens is 170 g/mol. The van der Waals surface area contributed by atoms with E-state index in [1.54, 1.807) is 6.92 Å². The average molecular weight is 185 g/mol. The summed E-state index contributed by atoms with van der Waals surface area (Å²) in [4.78, 5) is 22.3. The summed E-state index contributed by atoms with van der Waals surface area (Å²) in [6.45, 7) is 4.39. The van der Waals surface area contributed by atoms with Gasteiger partial charge in [-0.2, -0.15) is 0 Å². The minimum Gasteiger partial charge on any atom is -0.466 e. The van der Waals surface area contributed by atoms with Crippen LogP contribution in [-0.4, -0.2) is 25.0 Å². The van der Waals surface area contributed by atoms with E-state index in [0.717, 1.165) is 0 Å². The Labute approximate surface area is 77.6 Å². The number of carbonyl (C=O) groups is 2. The summed E-state index contributed by atoms with van der Waals surface area (Å²) in [5.41, 5.74) is -0.524. The molecule has 1 fully saturated rings. The van der Waals surface area contributed by atoms with Gasteiger partial charge in [0.25, 0.3) is 0 Å². The van der Waals surface area contributed by atoms with E-state index in [2.05, 4.69) is 5.32 Å². The summed E-state index contributed by atoms with van der Waals surface area (Å²) >= 11 is 0. The van der Waals surface area contributed by atoms with Gasteiger partial charge < -0.3 is 10.1 Å². The first-order chi connectivity index (χ1) is 6.08. The molecule has 1 saturated heterocycles. The highest BCUT2D eigenvalue weighted by Crippen LogP contribution is 2.27. The van der Waals surface area contributed by atoms with Crippen LogP contribution in [0.2, 0.25) is 0 Å². The third kappa shape index (κ3) is 2.20. The highest BCUT2D eigenvalue weighted by atomic mass is 16.5. The molecule has 74 valence electrons. The van der Waals surface area contributed by atoms with Crippen LogP contribution in [-0.2, 0) is 14.3 Å². The second kappa shape index (κ2) is 3.77. The van der Waals surface area contributed by atoms with Crippen molar-refractivity contribution in [2.75, 3.05) is 13.2 Å². The fourth-order valence-corrected chi connectivity index (χ4v) is 1.34. The molecule has 0 aromatic rings. The summed E-state index contributed by atoms with van der Waals surface area (Å²) in [5, 5.41) is 2.67. The predicted octanol–water partition coefficient (Wildman–Crippen LogP) is 0.466. The van der Waals surface area contributed by atoms with Crippen LogP contribution in [0.4, 0.5) is 0 Å². The predicted molar refractivity (Wildman–Crippen MR) is 47.0 cm³/mol. The van der Waals surface area contributed by atoms with Crippen LogP contribution in [0.25, 0.3) is 0 Å². The average Bonchev–Trinajstić information content (AvgIpc) is 2.11. The molecule has 1 heterocycles. The van der Waals surface area contributed by atoms with Gasteiger partial charge >= 0.3 is 5.97 Å². The number of rotatable bonds is 2. The summed E-state index contributed by atoms with van der Waals surface area (Å²) in [6, 6.07) is 0. The van der Waals surface area contributed by atoms with Crippen LogP contribution in [0.5, 0.6) is 0 Å². The number of carbonyl (C=O) groups excluding carboxylic acids is 2. The number of nitrogens with one attached hydrogen (secondary N) is 1. The smallest absolute Gasteiger partial charge is 0.313 e. The van der Waals surface area contributed by atoms with Crippen LogP contribution in [0.15, 0.2) is 0 Å². The molecule has 1 amide bonds. The summed E-state index contributed by atoms with van der Waals surface area (Å²) in [5.74, 6) is -0.197. The van der Waals surface area contributed by atoms with Crippen LogP contribution < -0.4 is 5.32 Å². The van der Waals surface area contributed by atoms with Crippen molar-refractivity contribution in [3.05, 3.63) is 0 Å². The van der Waals surface area contributed by atoms with E-state index in [0.29, 0.717) is 26.0 Å². The Hall–Kier alpha value is -1.06. The SMILES string of the molecule is CCOC(=O)C1(C)CCC(=O)NC1. The van der Waals surface area contributed by atoms with Crippen molar-refractivity contribution in [1.82, 2.24) is 5.32 Å². The first-order valence-corrected chi connectivity index (χ1v) is 4.52. The molecule has 4 nitrogen and oxygen atoms in total. The quantitative estimate of drug-likeness (QED) is 0.636. The Morgan fingerprint density at radius 3 is 2.85 bits per heavy atom.